The van der Waals surface area contributed by atoms with E-state index in [1.807, 2.05) is 0 Å². The van der Waals surface area contributed by atoms with Gasteiger partial charge < -0.3 is 5.73 Å². The Morgan fingerprint density at radius 2 is 2.07 bits per heavy atom. The summed E-state index contributed by atoms with van der Waals surface area (Å²) in [7, 11) is 0. The van der Waals surface area contributed by atoms with Crippen molar-refractivity contribution in [1.82, 2.24) is 0 Å². The third-order valence-corrected chi connectivity index (χ3v) is 1.80. The van der Waals surface area contributed by atoms with Gasteiger partial charge in [-0.05, 0) is 6.07 Å². The molecule has 78 valence electrons. The van der Waals surface area contributed by atoms with Crippen LogP contribution in [0.2, 0.25) is 0 Å². The van der Waals surface area contributed by atoms with E-state index in [1.54, 1.807) is 6.07 Å². The van der Waals surface area contributed by atoms with Crippen molar-refractivity contribution in [3.05, 3.63) is 41.2 Å². The highest BCUT2D eigenvalue weighted by molar-refractivity contribution is 5.78. The molecule has 1 amide bonds. The van der Waals surface area contributed by atoms with Crippen LogP contribution in [0.4, 0.5) is 4.39 Å². The Balaban J connectivity index is 2.90. The Bertz CT molecular complexity index is 413. The zero-order chi connectivity index (χ0) is 11.3. The molecular weight excluding hydrogens is 197 g/mol. The molecule has 0 aromatic heterocycles. The van der Waals surface area contributed by atoms with Crippen molar-refractivity contribution < 1.29 is 14.0 Å². The van der Waals surface area contributed by atoms with Crippen LogP contribution in [0.25, 0.3) is 6.08 Å². The quantitative estimate of drug-likeness (QED) is 0.761. The van der Waals surface area contributed by atoms with E-state index < -0.39 is 11.7 Å². The number of halogens is 1. The number of hydrogen-bond donors (Lipinski definition) is 1. The van der Waals surface area contributed by atoms with Gasteiger partial charge in [0.05, 0.1) is 5.56 Å². The first-order valence-electron chi connectivity index (χ1n) is 4.33. The second-order valence-corrected chi connectivity index (χ2v) is 2.94. The minimum atomic E-state index is -0.590. The van der Waals surface area contributed by atoms with Crippen molar-refractivity contribution in [2.45, 2.75) is 6.42 Å². The third-order valence-electron chi connectivity index (χ3n) is 1.80. The van der Waals surface area contributed by atoms with Gasteiger partial charge in [0.1, 0.15) is 5.82 Å². The number of hydrogen-bond acceptors (Lipinski definition) is 2. The first-order valence-corrected chi connectivity index (χ1v) is 4.33. The van der Waals surface area contributed by atoms with Crippen LogP contribution in [0.15, 0.2) is 24.3 Å². The predicted molar refractivity (Wildman–Crippen MR) is 54.6 cm³/mol. The molecule has 1 aromatic rings. The zero-order valence-electron chi connectivity index (χ0n) is 7.94. The number of aldehydes is 1. The van der Waals surface area contributed by atoms with Crippen molar-refractivity contribution in [3.8, 4) is 0 Å². The van der Waals surface area contributed by atoms with Gasteiger partial charge in [-0.2, -0.15) is 0 Å². The van der Waals surface area contributed by atoms with Crippen LogP contribution in [-0.2, 0) is 4.79 Å². The molecule has 4 heteroatoms. The lowest BCUT2D eigenvalue weighted by atomic mass is 10.1. The summed E-state index contributed by atoms with van der Waals surface area (Å²) in [6, 6.07) is 4.46. The minimum absolute atomic E-state index is 0.00350. The van der Waals surface area contributed by atoms with E-state index in [0.29, 0.717) is 6.29 Å². The summed E-state index contributed by atoms with van der Waals surface area (Å²) in [5.74, 6) is -1.08. The van der Waals surface area contributed by atoms with Crippen molar-refractivity contribution in [3.63, 3.8) is 0 Å². The van der Waals surface area contributed by atoms with Crippen LogP contribution in [0.5, 0.6) is 0 Å². The van der Waals surface area contributed by atoms with Gasteiger partial charge in [0.25, 0.3) is 0 Å². The number of benzene rings is 1. The van der Waals surface area contributed by atoms with Gasteiger partial charge in [-0.15, -0.1) is 0 Å². The van der Waals surface area contributed by atoms with E-state index in [9.17, 15) is 14.0 Å². The monoisotopic (exact) mass is 207 g/mol. The summed E-state index contributed by atoms with van der Waals surface area (Å²) in [6.45, 7) is 0. The van der Waals surface area contributed by atoms with Gasteiger partial charge >= 0.3 is 0 Å². The molecule has 0 spiro atoms. The molecule has 0 saturated heterocycles. The van der Waals surface area contributed by atoms with Crippen LogP contribution in [-0.4, -0.2) is 12.2 Å². The summed E-state index contributed by atoms with van der Waals surface area (Å²) >= 11 is 0. The van der Waals surface area contributed by atoms with E-state index in [2.05, 4.69) is 0 Å². The van der Waals surface area contributed by atoms with Crippen molar-refractivity contribution >= 4 is 18.3 Å². The number of rotatable bonds is 4. The van der Waals surface area contributed by atoms with Gasteiger partial charge in [-0.1, -0.05) is 24.3 Å². The summed E-state index contributed by atoms with van der Waals surface area (Å²) in [5.41, 5.74) is 5.17. The molecule has 2 N–H and O–H groups in total. The van der Waals surface area contributed by atoms with E-state index in [1.165, 1.54) is 24.3 Å². The van der Waals surface area contributed by atoms with Crippen molar-refractivity contribution in [2.75, 3.05) is 0 Å². The molecule has 15 heavy (non-hydrogen) atoms. The van der Waals surface area contributed by atoms with Gasteiger partial charge in [0, 0.05) is 12.0 Å². The number of carbonyl (C=O) groups excluding carboxylic acids is 2. The van der Waals surface area contributed by atoms with Crippen LogP contribution >= 0.6 is 0 Å². The Hall–Kier alpha value is -1.97. The average Bonchev–Trinajstić information content (AvgIpc) is 2.20. The van der Waals surface area contributed by atoms with Crippen molar-refractivity contribution in [1.29, 1.82) is 0 Å². The molecule has 1 rings (SSSR count). The van der Waals surface area contributed by atoms with E-state index in [-0.39, 0.29) is 17.5 Å². The minimum Gasteiger partial charge on any atom is -0.369 e. The molecular formula is C11H10FNO2. The fourth-order valence-corrected chi connectivity index (χ4v) is 1.09. The summed E-state index contributed by atoms with van der Waals surface area (Å²) in [4.78, 5) is 20.8. The molecule has 3 nitrogen and oxygen atoms in total. The van der Waals surface area contributed by atoms with Gasteiger partial charge in [-0.3, -0.25) is 9.59 Å². The SMILES string of the molecule is NC(=O)CC=Cc1cccc(C=O)c1F. The topological polar surface area (TPSA) is 60.2 Å². The molecule has 0 aliphatic carbocycles. The molecule has 0 fully saturated rings. The summed E-state index contributed by atoms with van der Waals surface area (Å²) < 4.78 is 13.4. The molecule has 0 heterocycles. The Morgan fingerprint density at radius 1 is 1.40 bits per heavy atom. The molecule has 1 aromatic carbocycles. The number of amides is 1. The largest absolute Gasteiger partial charge is 0.369 e. The van der Waals surface area contributed by atoms with E-state index in [0.717, 1.165) is 0 Å². The Labute approximate surface area is 86.4 Å². The van der Waals surface area contributed by atoms with E-state index in [4.69, 9.17) is 5.73 Å². The lowest BCUT2D eigenvalue weighted by Crippen LogP contribution is -2.07. The van der Waals surface area contributed by atoms with Crippen LogP contribution in [0, 0.1) is 5.82 Å². The molecule has 0 saturated carbocycles. The van der Waals surface area contributed by atoms with E-state index >= 15 is 0 Å². The Kier molecular flexibility index (Phi) is 3.74. The molecule has 0 aliphatic heterocycles. The summed E-state index contributed by atoms with van der Waals surface area (Å²) in [6.07, 6.45) is 3.37. The number of carbonyl (C=O) groups is 2. The fraction of sp³-hybridized carbons (Fsp3) is 0.0909. The second kappa shape index (κ2) is 5.05. The standard InChI is InChI=1S/C11H10FNO2/c12-11-8(4-2-6-10(13)15)3-1-5-9(11)7-14/h1-5,7H,6H2,(H2,13,15). The lowest BCUT2D eigenvalue weighted by Gasteiger charge is -1.98. The maximum atomic E-state index is 13.4. The zero-order valence-corrected chi connectivity index (χ0v) is 7.94. The van der Waals surface area contributed by atoms with Gasteiger partial charge in [0.15, 0.2) is 6.29 Å². The second-order valence-electron chi connectivity index (χ2n) is 2.94. The first kappa shape index (κ1) is 11.1. The molecule has 0 atom stereocenters. The van der Waals surface area contributed by atoms with Crippen molar-refractivity contribution in [2.24, 2.45) is 5.73 Å². The molecule has 0 bridgehead atoms. The lowest BCUT2D eigenvalue weighted by molar-refractivity contribution is -0.117. The maximum Gasteiger partial charge on any atom is 0.221 e. The van der Waals surface area contributed by atoms with Crippen LogP contribution < -0.4 is 5.73 Å². The Morgan fingerprint density at radius 3 is 2.67 bits per heavy atom. The van der Waals surface area contributed by atoms with Gasteiger partial charge in [-0.25, -0.2) is 4.39 Å². The predicted octanol–water partition coefficient (Wildman–Crippen LogP) is 1.53. The first-order chi connectivity index (χ1) is 7.15. The number of primary amides is 1. The smallest absolute Gasteiger partial charge is 0.221 e. The molecule has 0 aliphatic rings. The van der Waals surface area contributed by atoms with Crippen LogP contribution in [0.1, 0.15) is 22.3 Å². The highest BCUT2D eigenvalue weighted by atomic mass is 19.1. The fourth-order valence-electron chi connectivity index (χ4n) is 1.09. The molecule has 0 unspecified atom stereocenters. The summed E-state index contributed by atoms with van der Waals surface area (Å²) in [5, 5.41) is 0. The molecule has 0 radical (unpaired) electrons. The normalized spacial score (nSPS) is 10.5. The average molecular weight is 207 g/mol. The van der Waals surface area contributed by atoms with Crippen LogP contribution in [0.3, 0.4) is 0 Å². The van der Waals surface area contributed by atoms with Gasteiger partial charge in [0.2, 0.25) is 5.91 Å². The highest BCUT2D eigenvalue weighted by Gasteiger charge is 2.03. The highest BCUT2D eigenvalue weighted by Crippen LogP contribution is 2.12. The number of nitrogens with two attached hydrogens (primary N) is 1. The third kappa shape index (κ3) is 3.02. The maximum absolute atomic E-state index is 13.4.